The van der Waals surface area contributed by atoms with Gasteiger partial charge in [0.05, 0.1) is 17.6 Å². The fraction of sp³-hybridized carbons (Fsp3) is 0.214. The summed E-state index contributed by atoms with van der Waals surface area (Å²) in [7, 11) is 0. The van der Waals surface area contributed by atoms with Gasteiger partial charge in [-0.2, -0.15) is 0 Å². The van der Waals surface area contributed by atoms with Gasteiger partial charge in [0.1, 0.15) is 11.3 Å². The molecule has 0 radical (unpaired) electrons. The van der Waals surface area contributed by atoms with Crippen LogP contribution in [0.1, 0.15) is 27.3 Å². The summed E-state index contributed by atoms with van der Waals surface area (Å²) in [6, 6.07) is 4.91. The highest BCUT2D eigenvalue weighted by Crippen LogP contribution is 2.25. The Balaban J connectivity index is 2.39. The van der Waals surface area contributed by atoms with E-state index in [2.05, 4.69) is 9.97 Å². The Morgan fingerprint density at radius 3 is 2.58 bits per heavy atom. The standard InChI is InChI=1S/C14H14N2O3/c1-8-4-5-11(14(17)18)12(6-8)19-13-7-15-9(2)10(3)16-13/h4-7H,1-3H3,(H,17,18). The van der Waals surface area contributed by atoms with Crippen LogP contribution in [0, 0.1) is 20.8 Å². The summed E-state index contributed by atoms with van der Waals surface area (Å²) >= 11 is 0. The van der Waals surface area contributed by atoms with Crippen molar-refractivity contribution in [3.8, 4) is 11.6 Å². The van der Waals surface area contributed by atoms with E-state index in [0.29, 0.717) is 0 Å². The second-order valence-electron chi connectivity index (χ2n) is 4.29. The fourth-order valence-electron chi connectivity index (χ4n) is 1.57. The summed E-state index contributed by atoms with van der Waals surface area (Å²) in [6.07, 6.45) is 1.48. The van der Waals surface area contributed by atoms with Gasteiger partial charge in [-0.15, -0.1) is 0 Å². The first-order valence-electron chi connectivity index (χ1n) is 5.79. The van der Waals surface area contributed by atoms with Crippen LogP contribution in [0.3, 0.4) is 0 Å². The Morgan fingerprint density at radius 2 is 1.95 bits per heavy atom. The molecule has 0 saturated carbocycles. The zero-order valence-corrected chi connectivity index (χ0v) is 11.0. The summed E-state index contributed by atoms with van der Waals surface area (Å²) in [5.41, 5.74) is 2.58. The van der Waals surface area contributed by atoms with E-state index in [1.165, 1.54) is 12.3 Å². The van der Waals surface area contributed by atoms with Crippen LogP contribution in [-0.2, 0) is 0 Å². The van der Waals surface area contributed by atoms with Gasteiger partial charge in [0.2, 0.25) is 5.88 Å². The van der Waals surface area contributed by atoms with Crippen LogP contribution in [0.15, 0.2) is 24.4 Å². The molecule has 19 heavy (non-hydrogen) atoms. The van der Waals surface area contributed by atoms with Crippen molar-refractivity contribution in [2.75, 3.05) is 0 Å². The van der Waals surface area contributed by atoms with Crippen molar-refractivity contribution >= 4 is 5.97 Å². The molecule has 0 aliphatic carbocycles. The van der Waals surface area contributed by atoms with Crippen molar-refractivity contribution in [1.82, 2.24) is 9.97 Å². The number of aromatic carboxylic acids is 1. The number of nitrogens with zero attached hydrogens (tertiary/aromatic N) is 2. The summed E-state index contributed by atoms with van der Waals surface area (Å²) in [5, 5.41) is 9.12. The summed E-state index contributed by atoms with van der Waals surface area (Å²) in [4.78, 5) is 19.5. The zero-order valence-electron chi connectivity index (χ0n) is 11.0. The Kier molecular flexibility index (Phi) is 3.46. The summed E-state index contributed by atoms with van der Waals surface area (Å²) in [5.74, 6) is -0.479. The van der Waals surface area contributed by atoms with E-state index in [1.807, 2.05) is 20.8 Å². The second kappa shape index (κ2) is 5.06. The number of carboxylic acids is 1. The third-order valence-corrected chi connectivity index (χ3v) is 2.75. The molecule has 98 valence electrons. The third-order valence-electron chi connectivity index (χ3n) is 2.75. The molecule has 5 heteroatoms. The molecule has 1 aromatic heterocycles. The van der Waals surface area contributed by atoms with Gasteiger partial charge in [-0.3, -0.25) is 4.98 Å². The van der Waals surface area contributed by atoms with Gasteiger partial charge in [0.15, 0.2) is 0 Å². The van der Waals surface area contributed by atoms with E-state index in [-0.39, 0.29) is 17.2 Å². The van der Waals surface area contributed by atoms with Crippen LogP contribution < -0.4 is 4.74 Å². The zero-order chi connectivity index (χ0) is 14.0. The molecule has 0 amide bonds. The molecule has 0 spiro atoms. The maximum atomic E-state index is 11.1. The minimum atomic E-state index is -1.04. The molecule has 0 aliphatic heterocycles. The van der Waals surface area contributed by atoms with Crippen LogP contribution in [-0.4, -0.2) is 21.0 Å². The average Bonchev–Trinajstić information content (AvgIpc) is 2.33. The molecule has 5 nitrogen and oxygen atoms in total. The lowest BCUT2D eigenvalue weighted by Gasteiger charge is -2.09. The Labute approximate surface area is 110 Å². The molecular weight excluding hydrogens is 244 g/mol. The van der Waals surface area contributed by atoms with E-state index in [1.54, 1.807) is 12.1 Å². The Hall–Kier alpha value is -2.43. The number of ether oxygens (including phenoxy) is 1. The van der Waals surface area contributed by atoms with Gasteiger partial charge < -0.3 is 9.84 Å². The van der Waals surface area contributed by atoms with Gasteiger partial charge in [-0.25, -0.2) is 9.78 Å². The number of aromatic nitrogens is 2. The molecule has 2 aromatic rings. The number of hydrogen-bond acceptors (Lipinski definition) is 4. The lowest BCUT2D eigenvalue weighted by Crippen LogP contribution is -2.02. The molecule has 0 bridgehead atoms. The molecule has 1 N–H and O–H groups in total. The largest absolute Gasteiger partial charge is 0.478 e. The lowest BCUT2D eigenvalue weighted by atomic mass is 10.1. The molecule has 1 aromatic carbocycles. The van der Waals surface area contributed by atoms with Crippen LogP contribution in [0.4, 0.5) is 0 Å². The summed E-state index contributed by atoms with van der Waals surface area (Å²) in [6.45, 7) is 5.54. The highest BCUT2D eigenvalue weighted by molar-refractivity contribution is 5.91. The Morgan fingerprint density at radius 1 is 1.21 bits per heavy atom. The van der Waals surface area contributed by atoms with E-state index in [4.69, 9.17) is 9.84 Å². The monoisotopic (exact) mass is 258 g/mol. The topological polar surface area (TPSA) is 72.3 Å². The van der Waals surface area contributed by atoms with E-state index in [9.17, 15) is 4.79 Å². The number of benzene rings is 1. The van der Waals surface area contributed by atoms with Crippen molar-refractivity contribution in [3.05, 3.63) is 46.9 Å². The van der Waals surface area contributed by atoms with Gasteiger partial charge in [-0.1, -0.05) is 6.07 Å². The number of carboxylic acid groups (broad SMARTS) is 1. The van der Waals surface area contributed by atoms with Gasteiger partial charge in [-0.05, 0) is 38.5 Å². The van der Waals surface area contributed by atoms with Crippen LogP contribution in [0.2, 0.25) is 0 Å². The maximum Gasteiger partial charge on any atom is 0.339 e. The van der Waals surface area contributed by atoms with Crippen molar-refractivity contribution in [1.29, 1.82) is 0 Å². The minimum Gasteiger partial charge on any atom is -0.478 e. The summed E-state index contributed by atoms with van der Waals surface area (Å²) < 4.78 is 5.53. The van der Waals surface area contributed by atoms with Crippen molar-refractivity contribution < 1.29 is 14.6 Å². The molecule has 0 saturated heterocycles. The van der Waals surface area contributed by atoms with E-state index >= 15 is 0 Å². The number of carbonyl (C=O) groups is 1. The van der Waals surface area contributed by atoms with E-state index < -0.39 is 5.97 Å². The molecule has 0 unspecified atom stereocenters. The SMILES string of the molecule is Cc1ccc(C(=O)O)c(Oc2cnc(C)c(C)n2)c1. The first-order valence-corrected chi connectivity index (χ1v) is 5.79. The predicted octanol–water partition coefficient (Wildman–Crippen LogP) is 2.89. The van der Waals surface area contributed by atoms with Crippen molar-refractivity contribution in [2.24, 2.45) is 0 Å². The lowest BCUT2D eigenvalue weighted by molar-refractivity contribution is 0.0694. The normalized spacial score (nSPS) is 10.3. The quantitative estimate of drug-likeness (QED) is 0.916. The molecule has 0 aliphatic rings. The van der Waals surface area contributed by atoms with Crippen molar-refractivity contribution in [2.45, 2.75) is 20.8 Å². The number of hydrogen-bond donors (Lipinski definition) is 1. The average molecular weight is 258 g/mol. The van der Waals surface area contributed by atoms with Gasteiger partial charge in [0, 0.05) is 0 Å². The number of aryl methyl sites for hydroxylation is 3. The van der Waals surface area contributed by atoms with Crippen LogP contribution in [0.5, 0.6) is 11.6 Å². The predicted molar refractivity (Wildman–Crippen MR) is 69.7 cm³/mol. The molecular formula is C14H14N2O3. The molecule has 1 heterocycles. The minimum absolute atomic E-state index is 0.102. The first kappa shape index (κ1) is 13.0. The van der Waals surface area contributed by atoms with Gasteiger partial charge >= 0.3 is 5.97 Å². The number of rotatable bonds is 3. The highest BCUT2D eigenvalue weighted by atomic mass is 16.5. The molecule has 2 rings (SSSR count). The molecule has 0 fully saturated rings. The first-order chi connectivity index (χ1) is 8.97. The fourth-order valence-corrected chi connectivity index (χ4v) is 1.57. The van der Waals surface area contributed by atoms with Gasteiger partial charge in [0.25, 0.3) is 0 Å². The Bertz CT molecular complexity index is 639. The van der Waals surface area contributed by atoms with Crippen LogP contribution in [0.25, 0.3) is 0 Å². The van der Waals surface area contributed by atoms with Crippen LogP contribution >= 0.6 is 0 Å². The van der Waals surface area contributed by atoms with Crippen molar-refractivity contribution in [3.63, 3.8) is 0 Å². The molecule has 0 atom stereocenters. The second-order valence-corrected chi connectivity index (χ2v) is 4.29. The van der Waals surface area contributed by atoms with E-state index in [0.717, 1.165) is 17.0 Å². The third kappa shape index (κ3) is 2.88. The smallest absolute Gasteiger partial charge is 0.339 e. The maximum absolute atomic E-state index is 11.1. The highest BCUT2D eigenvalue weighted by Gasteiger charge is 2.13.